The second-order valence-electron chi connectivity index (χ2n) is 7.57. The van der Waals surface area contributed by atoms with Gasteiger partial charge < -0.3 is 9.88 Å². The zero-order valence-electron chi connectivity index (χ0n) is 15.4. The lowest BCUT2D eigenvalue weighted by atomic mass is 9.96. The van der Waals surface area contributed by atoms with E-state index in [1.165, 1.54) is 81.1 Å². The van der Waals surface area contributed by atoms with Crippen molar-refractivity contribution in [3.05, 3.63) is 15.9 Å². The third-order valence-corrected chi connectivity index (χ3v) is 6.66. The van der Waals surface area contributed by atoms with Crippen LogP contribution in [0.3, 0.4) is 0 Å². The maximum absolute atomic E-state index is 5.08. The molecule has 3 nitrogen and oxygen atoms in total. The fourth-order valence-electron chi connectivity index (χ4n) is 4.26. The first-order chi connectivity index (χ1) is 11.9. The van der Waals surface area contributed by atoms with Gasteiger partial charge in [-0.1, -0.05) is 44.9 Å². The third-order valence-electron chi connectivity index (χ3n) is 5.73. The van der Waals surface area contributed by atoms with E-state index in [0.29, 0.717) is 6.04 Å². The van der Waals surface area contributed by atoms with Crippen LogP contribution in [0.2, 0.25) is 0 Å². The summed E-state index contributed by atoms with van der Waals surface area (Å²) < 4.78 is 2.45. The molecule has 2 aliphatic rings. The first kappa shape index (κ1) is 18.2. The molecule has 0 radical (unpaired) electrons. The van der Waals surface area contributed by atoms with Gasteiger partial charge in [0.25, 0.3) is 0 Å². The molecular weight excluding hydrogens is 314 g/mol. The molecule has 1 aromatic heterocycles. The molecule has 24 heavy (non-hydrogen) atoms. The summed E-state index contributed by atoms with van der Waals surface area (Å²) in [7, 11) is 0. The number of nitrogens with zero attached hydrogens (tertiary/aromatic N) is 2. The Kier molecular flexibility index (Phi) is 7.40. The van der Waals surface area contributed by atoms with Gasteiger partial charge in [0, 0.05) is 36.6 Å². The van der Waals surface area contributed by atoms with Crippen molar-refractivity contribution < 1.29 is 0 Å². The molecular formula is C20H35N3S. The van der Waals surface area contributed by atoms with E-state index in [9.17, 15) is 0 Å². The maximum atomic E-state index is 5.08. The van der Waals surface area contributed by atoms with Gasteiger partial charge in [0.1, 0.15) is 0 Å². The molecule has 2 aliphatic carbocycles. The highest BCUT2D eigenvalue weighted by molar-refractivity contribution is 7.07. The van der Waals surface area contributed by atoms with Crippen LogP contribution in [0, 0.1) is 0 Å². The van der Waals surface area contributed by atoms with Crippen LogP contribution in [0.15, 0.2) is 10.4 Å². The van der Waals surface area contributed by atoms with Crippen molar-refractivity contribution in [2.75, 3.05) is 6.54 Å². The molecule has 0 spiro atoms. The van der Waals surface area contributed by atoms with E-state index in [4.69, 9.17) is 4.99 Å². The van der Waals surface area contributed by atoms with Gasteiger partial charge in [-0.15, -0.1) is 11.3 Å². The minimum atomic E-state index is 0.576. The van der Waals surface area contributed by atoms with Crippen molar-refractivity contribution in [1.82, 2.24) is 9.88 Å². The average Bonchev–Trinajstić information content (AvgIpc) is 2.81. The standard InChI is InChI=1S/C20H35N3S/c1-2-23-19(14-15-21-17-10-6-3-4-7-11-17)16-24-20(23)22-18-12-8-5-9-13-18/h16-18,21H,2-15H2,1H3. The summed E-state index contributed by atoms with van der Waals surface area (Å²) in [5.41, 5.74) is 1.47. The molecule has 0 bridgehead atoms. The molecule has 1 N–H and O–H groups in total. The van der Waals surface area contributed by atoms with Crippen molar-refractivity contribution in [3.63, 3.8) is 0 Å². The fraction of sp³-hybridized carbons (Fsp3) is 0.850. The smallest absolute Gasteiger partial charge is 0.185 e. The molecule has 2 saturated carbocycles. The highest BCUT2D eigenvalue weighted by Crippen LogP contribution is 2.20. The first-order valence-electron chi connectivity index (χ1n) is 10.3. The molecule has 0 unspecified atom stereocenters. The van der Waals surface area contributed by atoms with Crippen molar-refractivity contribution in [2.24, 2.45) is 4.99 Å². The molecule has 1 aromatic rings. The summed E-state index contributed by atoms with van der Waals surface area (Å²) in [5, 5.41) is 6.16. The van der Waals surface area contributed by atoms with Gasteiger partial charge in [-0.05, 0) is 32.6 Å². The third kappa shape index (κ3) is 5.19. The molecule has 0 aliphatic heterocycles. The minimum Gasteiger partial charge on any atom is -0.321 e. The fourth-order valence-corrected chi connectivity index (χ4v) is 5.33. The molecule has 0 saturated heterocycles. The van der Waals surface area contributed by atoms with E-state index >= 15 is 0 Å². The second kappa shape index (κ2) is 9.76. The molecule has 0 amide bonds. The van der Waals surface area contributed by atoms with Crippen molar-refractivity contribution >= 4 is 11.3 Å². The lowest BCUT2D eigenvalue weighted by molar-refractivity contribution is 0.433. The molecule has 0 aromatic carbocycles. The molecule has 1 heterocycles. The number of rotatable bonds is 6. The Morgan fingerprint density at radius 3 is 2.42 bits per heavy atom. The number of thiazole rings is 1. The van der Waals surface area contributed by atoms with Gasteiger partial charge >= 0.3 is 0 Å². The normalized spacial score (nSPS) is 22.0. The van der Waals surface area contributed by atoms with Gasteiger partial charge in [-0.2, -0.15) is 0 Å². The average molecular weight is 350 g/mol. The Hall–Kier alpha value is -0.610. The van der Waals surface area contributed by atoms with E-state index in [0.717, 1.165) is 25.6 Å². The van der Waals surface area contributed by atoms with Crippen molar-refractivity contribution in [2.45, 2.75) is 103 Å². The Balaban J connectivity index is 1.56. The van der Waals surface area contributed by atoms with Gasteiger partial charge in [0.05, 0.1) is 6.04 Å². The van der Waals surface area contributed by atoms with Crippen molar-refractivity contribution in [3.8, 4) is 0 Å². The van der Waals surface area contributed by atoms with Gasteiger partial charge in [-0.3, -0.25) is 4.99 Å². The number of hydrogen-bond donors (Lipinski definition) is 1. The predicted octanol–water partition coefficient (Wildman–Crippen LogP) is 4.66. The van der Waals surface area contributed by atoms with Gasteiger partial charge in [0.2, 0.25) is 0 Å². The predicted molar refractivity (Wildman–Crippen MR) is 104 cm³/mol. The lowest BCUT2D eigenvalue weighted by Crippen LogP contribution is -2.31. The summed E-state index contributed by atoms with van der Waals surface area (Å²) in [6.07, 6.45) is 16.3. The van der Waals surface area contributed by atoms with Crippen LogP contribution in [-0.4, -0.2) is 23.2 Å². The van der Waals surface area contributed by atoms with E-state index in [2.05, 4.69) is 22.2 Å². The summed E-state index contributed by atoms with van der Waals surface area (Å²) in [5.74, 6) is 0. The highest BCUT2D eigenvalue weighted by Gasteiger charge is 2.14. The number of hydrogen-bond acceptors (Lipinski definition) is 3. The quantitative estimate of drug-likeness (QED) is 0.744. The van der Waals surface area contributed by atoms with Gasteiger partial charge in [-0.25, -0.2) is 0 Å². The molecule has 136 valence electrons. The SMILES string of the molecule is CCn1c(CCNC2CCCCCC2)csc1=NC1CCCCC1. The number of aromatic nitrogens is 1. The zero-order chi connectivity index (χ0) is 16.6. The van der Waals surface area contributed by atoms with Crippen LogP contribution >= 0.6 is 11.3 Å². The van der Waals surface area contributed by atoms with Crippen LogP contribution in [-0.2, 0) is 13.0 Å². The Bertz CT molecular complexity index is 531. The largest absolute Gasteiger partial charge is 0.321 e. The topological polar surface area (TPSA) is 29.3 Å². The van der Waals surface area contributed by atoms with Crippen molar-refractivity contribution in [1.29, 1.82) is 0 Å². The molecule has 0 atom stereocenters. The van der Waals surface area contributed by atoms with E-state index < -0.39 is 0 Å². The number of nitrogens with one attached hydrogen (secondary N) is 1. The van der Waals surface area contributed by atoms with Crippen LogP contribution < -0.4 is 10.1 Å². The van der Waals surface area contributed by atoms with Crippen LogP contribution in [0.1, 0.15) is 83.2 Å². The maximum Gasteiger partial charge on any atom is 0.185 e. The second-order valence-corrected chi connectivity index (χ2v) is 8.40. The first-order valence-corrected chi connectivity index (χ1v) is 11.2. The van der Waals surface area contributed by atoms with E-state index in [1.807, 2.05) is 11.3 Å². The van der Waals surface area contributed by atoms with Crippen LogP contribution in [0.25, 0.3) is 0 Å². The Morgan fingerprint density at radius 1 is 1.04 bits per heavy atom. The zero-order valence-corrected chi connectivity index (χ0v) is 16.3. The monoisotopic (exact) mass is 349 g/mol. The Morgan fingerprint density at radius 2 is 1.71 bits per heavy atom. The van der Waals surface area contributed by atoms with E-state index in [-0.39, 0.29) is 0 Å². The lowest BCUT2D eigenvalue weighted by Gasteiger charge is -2.17. The summed E-state index contributed by atoms with van der Waals surface area (Å²) in [6, 6.07) is 1.33. The van der Waals surface area contributed by atoms with E-state index in [1.54, 1.807) is 0 Å². The Labute approximate surface area is 151 Å². The summed E-state index contributed by atoms with van der Waals surface area (Å²) in [6.45, 7) is 4.42. The van der Waals surface area contributed by atoms with Crippen LogP contribution in [0.5, 0.6) is 0 Å². The van der Waals surface area contributed by atoms with Gasteiger partial charge in [0.15, 0.2) is 4.80 Å². The summed E-state index contributed by atoms with van der Waals surface area (Å²) >= 11 is 1.85. The highest BCUT2D eigenvalue weighted by atomic mass is 32.1. The minimum absolute atomic E-state index is 0.576. The summed E-state index contributed by atoms with van der Waals surface area (Å²) in [4.78, 5) is 6.34. The molecule has 3 rings (SSSR count). The van der Waals surface area contributed by atoms with Crippen LogP contribution in [0.4, 0.5) is 0 Å². The molecule has 4 heteroatoms. The molecule has 2 fully saturated rings.